The maximum atomic E-state index is 12.9. The van der Waals surface area contributed by atoms with Crippen LogP contribution in [0.4, 0.5) is 9.18 Å². The SMILES string of the molecule is O=C(N[C@H]1CCO[C@@H](C2CC2)C1)N[C@@H]1C[C@H]1c1ccc(F)cc1. The van der Waals surface area contributed by atoms with Gasteiger partial charge < -0.3 is 15.4 Å². The van der Waals surface area contributed by atoms with Crippen molar-refractivity contribution in [1.29, 1.82) is 0 Å². The lowest BCUT2D eigenvalue weighted by atomic mass is 10.0. The van der Waals surface area contributed by atoms with Gasteiger partial charge in [0.25, 0.3) is 0 Å². The van der Waals surface area contributed by atoms with Crippen molar-refractivity contribution in [3.8, 4) is 0 Å². The smallest absolute Gasteiger partial charge is 0.315 e. The fourth-order valence-corrected chi connectivity index (χ4v) is 3.58. The third-order valence-electron chi connectivity index (χ3n) is 5.20. The number of amides is 2. The first-order valence-corrected chi connectivity index (χ1v) is 8.63. The van der Waals surface area contributed by atoms with Crippen LogP contribution in [0.15, 0.2) is 24.3 Å². The molecule has 4 nitrogen and oxygen atoms in total. The molecule has 1 heterocycles. The van der Waals surface area contributed by atoms with Gasteiger partial charge in [-0.2, -0.15) is 0 Å². The molecule has 4 atom stereocenters. The number of carbonyl (C=O) groups is 1. The highest BCUT2D eigenvalue weighted by atomic mass is 19.1. The Morgan fingerprint density at radius 3 is 2.61 bits per heavy atom. The fourth-order valence-electron chi connectivity index (χ4n) is 3.58. The molecule has 23 heavy (non-hydrogen) atoms. The van der Waals surface area contributed by atoms with Crippen LogP contribution in [-0.2, 0) is 4.74 Å². The highest BCUT2D eigenvalue weighted by Gasteiger charge is 2.40. The summed E-state index contributed by atoms with van der Waals surface area (Å²) in [6, 6.07) is 6.87. The molecule has 1 saturated heterocycles. The number of carbonyl (C=O) groups excluding carboxylic acids is 1. The zero-order valence-corrected chi connectivity index (χ0v) is 13.1. The van der Waals surface area contributed by atoms with Crippen LogP contribution in [0.3, 0.4) is 0 Å². The van der Waals surface area contributed by atoms with Gasteiger partial charge in [0, 0.05) is 24.6 Å². The summed E-state index contributed by atoms with van der Waals surface area (Å²) >= 11 is 0. The van der Waals surface area contributed by atoms with Crippen LogP contribution in [0.25, 0.3) is 0 Å². The Bertz CT molecular complexity index is 573. The van der Waals surface area contributed by atoms with E-state index in [2.05, 4.69) is 10.6 Å². The van der Waals surface area contributed by atoms with Crippen LogP contribution in [0.2, 0.25) is 0 Å². The maximum Gasteiger partial charge on any atom is 0.315 e. The topological polar surface area (TPSA) is 50.4 Å². The van der Waals surface area contributed by atoms with Gasteiger partial charge in [0.1, 0.15) is 5.82 Å². The van der Waals surface area contributed by atoms with E-state index >= 15 is 0 Å². The summed E-state index contributed by atoms with van der Waals surface area (Å²) in [6.45, 7) is 0.744. The van der Waals surface area contributed by atoms with E-state index in [0.717, 1.165) is 31.4 Å². The van der Waals surface area contributed by atoms with Gasteiger partial charge in [0.2, 0.25) is 0 Å². The highest BCUT2D eigenvalue weighted by molar-refractivity contribution is 5.75. The zero-order chi connectivity index (χ0) is 15.8. The second kappa shape index (κ2) is 6.11. The first-order valence-electron chi connectivity index (χ1n) is 8.63. The van der Waals surface area contributed by atoms with Crippen molar-refractivity contribution >= 4 is 6.03 Å². The van der Waals surface area contributed by atoms with Crippen LogP contribution in [0.5, 0.6) is 0 Å². The van der Waals surface area contributed by atoms with Gasteiger partial charge in [-0.05, 0) is 55.7 Å². The molecule has 2 saturated carbocycles. The van der Waals surface area contributed by atoms with Gasteiger partial charge in [0.15, 0.2) is 0 Å². The average Bonchev–Trinajstić information content (AvgIpc) is 3.43. The summed E-state index contributed by atoms with van der Waals surface area (Å²) < 4.78 is 18.7. The van der Waals surface area contributed by atoms with Crippen molar-refractivity contribution in [3.63, 3.8) is 0 Å². The zero-order valence-electron chi connectivity index (χ0n) is 13.1. The van der Waals surface area contributed by atoms with E-state index in [1.165, 1.54) is 25.0 Å². The number of rotatable bonds is 4. The van der Waals surface area contributed by atoms with Crippen LogP contribution < -0.4 is 10.6 Å². The van der Waals surface area contributed by atoms with E-state index in [1.807, 2.05) is 0 Å². The van der Waals surface area contributed by atoms with Crippen molar-refractivity contribution in [3.05, 3.63) is 35.6 Å². The number of halogens is 1. The molecule has 3 aliphatic rings. The van der Waals surface area contributed by atoms with Crippen molar-refractivity contribution in [1.82, 2.24) is 10.6 Å². The molecule has 1 aromatic rings. The molecule has 124 valence electrons. The molecule has 1 aromatic carbocycles. The van der Waals surface area contributed by atoms with E-state index in [-0.39, 0.29) is 23.9 Å². The van der Waals surface area contributed by atoms with Crippen molar-refractivity contribution in [2.24, 2.45) is 5.92 Å². The van der Waals surface area contributed by atoms with Crippen LogP contribution >= 0.6 is 0 Å². The van der Waals surface area contributed by atoms with Gasteiger partial charge in [-0.25, -0.2) is 9.18 Å². The standard InChI is InChI=1S/C18H23FN2O2/c19-13-5-3-11(4-6-13)15-10-16(15)21-18(22)20-14-7-8-23-17(9-14)12-1-2-12/h3-6,12,14-17H,1-2,7-10H2,(H2,20,21,22)/t14-,15-,16+,17+/m0/s1. The van der Waals surface area contributed by atoms with E-state index in [9.17, 15) is 9.18 Å². The molecule has 3 fully saturated rings. The van der Waals surface area contributed by atoms with Gasteiger partial charge >= 0.3 is 6.03 Å². The number of hydrogen-bond donors (Lipinski definition) is 2. The predicted molar refractivity (Wildman–Crippen MR) is 84.7 cm³/mol. The number of nitrogens with one attached hydrogen (secondary N) is 2. The normalized spacial score (nSPS) is 33.1. The van der Waals surface area contributed by atoms with Crippen molar-refractivity contribution in [2.45, 2.75) is 56.2 Å². The summed E-state index contributed by atoms with van der Waals surface area (Å²) in [5.41, 5.74) is 1.09. The first kappa shape index (κ1) is 14.9. The molecular formula is C18H23FN2O2. The minimum Gasteiger partial charge on any atom is -0.378 e. The maximum absolute atomic E-state index is 12.9. The number of hydrogen-bond acceptors (Lipinski definition) is 2. The van der Waals surface area contributed by atoms with E-state index in [4.69, 9.17) is 4.74 Å². The third kappa shape index (κ3) is 3.66. The Kier molecular flexibility index (Phi) is 3.97. The Balaban J connectivity index is 1.24. The van der Waals surface area contributed by atoms with E-state index < -0.39 is 0 Å². The van der Waals surface area contributed by atoms with Gasteiger partial charge in [-0.3, -0.25) is 0 Å². The van der Waals surface area contributed by atoms with Crippen LogP contribution in [0.1, 0.15) is 43.6 Å². The molecule has 2 amide bonds. The molecule has 4 rings (SSSR count). The average molecular weight is 318 g/mol. The molecule has 0 radical (unpaired) electrons. The lowest BCUT2D eigenvalue weighted by Crippen LogP contribution is -2.47. The molecule has 2 aliphatic carbocycles. The largest absolute Gasteiger partial charge is 0.378 e. The number of urea groups is 1. The molecule has 5 heteroatoms. The number of benzene rings is 1. The lowest BCUT2D eigenvalue weighted by molar-refractivity contribution is -0.00914. The van der Waals surface area contributed by atoms with E-state index in [0.29, 0.717) is 17.9 Å². The fraction of sp³-hybridized carbons (Fsp3) is 0.611. The minimum absolute atomic E-state index is 0.0824. The summed E-state index contributed by atoms with van der Waals surface area (Å²) in [5, 5.41) is 6.13. The van der Waals surface area contributed by atoms with Crippen LogP contribution in [-0.4, -0.2) is 30.8 Å². The molecule has 0 aromatic heterocycles. The third-order valence-corrected chi connectivity index (χ3v) is 5.20. The van der Waals surface area contributed by atoms with Gasteiger partial charge in [-0.1, -0.05) is 12.1 Å². The highest BCUT2D eigenvalue weighted by Crippen LogP contribution is 2.41. The Labute approximate surface area is 135 Å². The molecular weight excluding hydrogens is 295 g/mol. The van der Waals surface area contributed by atoms with E-state index in [1.54, 1.807) is 12.1 Å². The van der Waals surface area contributed by atoms with Gasteiger partial charge in [-0.15, -0.1) is 0 Å². The number of ether oxygens (including phenoxy) is 1. The lowest BCUT2D eigenvalue weighted by Gasteiger charge is -2.30. The minimum atomic E-state index is -0.221. The second-order valence-electron chi connectivity index (χ2n) is 7.09. The Hall–Kier alpha value is -1.62. The monoisotopic (exact) mass is 318 g/mol. The summed E-state index contributed by atoms with van der Waals surface area (Å²) in [5.74, 6) is 0.811. The van der Waals surface area contributed by atoms with Crippen molar-refractivity contribution in [2.75, 3.05) is 6.61 Å². The quantitative estimate of drug-likeness (QED) is 0.897. The Morgan fingerprint density at radius 1 is 1.09 bits per heavy atom. The molecule has 0 unspecified atom stereocenters. The summed E-state index contributed by atoms with van der Waals surface area (Å²) in [7, 11) is 0. The summed E-state index contributed by atoms with van der Waals surface area (Å²) in [4.78, 5) is 12.2. The first-order chi connectivity index (χ1) is 11.2. The molecule has 1 aliphatic heterocycles. The van der Waals surface area contributed by atoms with Crippen LogP contribution in [0, 0.1) is 11.7 Å². The van der Waals surface area contributed by atoms with Crippen molar-refractivity contribution < 1.29 is 13.9 Å². The van der Waals surface area contributed by atoms with Gasteiger partial charge in [0.05, 0.1) is 6.10 Å². The molecule has 0 spiro atoms. The summed E-state index contributed by atoms with van der Waals surface area (Å²) in [6.07, 6.45) is 5.63. The Morgan fingerprint density at radius 2 is 1.87 bits per heavy atom. The molecule has 0 bridgehead atoms. The predicted octanol–water partition coefficient (Wildman–Crippen LogP) is 2.94. The molecule has 2 N–H and O–H groups in total. The second-order valence-corrected chi connectivity index (χ2v) is 7.09.